The number of hydrogen-bond acceptors (Lipinski definition) is 2. The van der Waals surface area contributed by atoms with Crippen molar-refractivity contribution in [2.45, 2.75) is 27.7 Å². The van der Waals surface area contributed by atoms with Crippen molar-refractivity contribution in [2.75, 3.05) is 5.32 Å². The number of aromatic nitrogens is 1. The Morgan fingerprint density at radius 1 is 1.05 bits per heavy atom. The largest absolute Gasteiger partial charge is 0.307 e. The van der Waals surface area contributed by atoms with Gasteiger partial charge in [0, 0.05) is 12.3 Å². The fourth-order valence-electron chi connectivity index (χ4n) is 2.04. The topological polar surface area (TPSA) is 42.0 Å². The highest BCUT2D eigenvalue weighted by atomic mass is 16.1. The van der Waals surface area contributed by atoms with Gasteiger partial charge < -0.3 is 5.32 Å². The molecule has 0 fully saturated rings. The predicted molar refractivity (Wildman–Crippen MR) is 87.3 cm³/mol. The molecule has 0 atom stereocenters. The summed E-state index contributed by atoms with van der Waals surface area (Å²) in [6, 6.07) is 7.94. The van der Waals surface area contributed by atoms with Crippen LogP contribution in [0.1, 0.15) is 27.8 Å². The summed E-state index contributed by atoms with van der Waals surface area (Å²) in [6.45, 7) is 8.17. The van der Waals surface area contributed by atoms with Crippen LogP contribution in [-0.4, -0.2) is 10.9 Å². The van der Waals surface area contributed by atoms with E-state index in [4.69, 9.17) is 0 Å². The third-order valence-corrected chi connectivity index (χ3v) is 3.46. The van der Waals surface area contributed by atoms with Gasteiger partial charge in [-0.15, -0.1) is 0 Å². The van der Waals surface area contributed by atoms with E-state index >= 15 is 0 Å². The molecule has 0 bridgehead atoms. The quantitative estimate of drug-likeness (QED) is 0.864. The Bertz CT molecular complexity index is 685. The van der Waals surface area contributed by atoms with Gasteiger partial charge in [-0.2, -0.15) is 0 Å². The lowest BCUT2D eigenvalue weighted by Crippen LogP contribution is -2.09. The van der Waals surface area contributed by atoms with Crippen LogP contribution in [0.4, 0.5) is 5.82 Å². The van der Waals surface area contributed by atoms with Crippen molar-refractivity contribution in [3.63, 3.8) is 0 Å². The predicted octanol–water partition coefficient (Wildman–Crippen LogP) is 3.97. The number of amides is 1. The maximum Gasteiger partial charge on any atom is 0.249 e. The van der Waals surface area contributed by atoms with Crippen LogP contribution in [0.2, 0.25) is 0 Å². The molecule has 0 saturated carbocycles. The SMILES string of the molecule is Cc1ccc(NC(=O)C=Cc2cc(C)c(C)cc2C)nc1. The molecule has 0 aliphatic carbocycles. The summed E-state index contributed by atoms with van der Waals surface area (Å²) < 4.78 is 0. The maximum absolute atomic E-state index is 11.9. The molecule has 3 heteroatoms. The monoisotopic (exact) mass is 280 g/mol. The number of hydrogen-bond donors (Lipinski definition) is 1. The minimum absolute atomic E-state index is 0.177. The van der Waals surface area contributed by atoms with Crippen LogP contribution in [0.5, 0.6) is 0 Å². The summed E-state index contributed by atoms with van der Waals surface area (Å²) >= 11 is 0. The van der Waals surface area contributed by atoms with Crippen molar-refractivity contribution >= 4 is 17.8 Å². The third kappa shape index (κ3) is 4.02. The van der Waals surface area contributed by atoms with Crippen molar-refractivity contribution < 1.29 is 4.79 Å². The number of nitrogens with zero attached hydrogens (tertiary/aromatic N) is 1. The van der Waals surface area contributed by atoms with E-state index in [0.717, 1.165) is 16.7 Å². The number of nitrogens with one attached hydrogen (secondary N) is 1. The lowest BCUT2D eigenvalue weighted by Gasteiger charge is -2.06. The van der Waals surface area contributed by atoms with Gasteiger partial charge in [0.1, 0.15) is 5.82 Å². The van der Waals surface area contributed by atoms with E-state index in [9.17, 15) is 4.79 Å². The second kappa shape index (κ2) is 6.35. The lowest BCUT2D eigenvalue weighted by atomic mass is 10.0. The van der Waals surface area contributed by atoms with Crippen LogP contribution < -0.4 is 5.32 Å². The van der Waals surface area contributed by atoms with Crippen LogP contribution in [0, 0.1) is 27.7 Å². The lowest BCUT2D eigenvalue weighted by molar-refractivity contribution is -0.111. The smallest absolute Gasteiger partial charge is 0.249 e. The first-order valence-corrected chi connectivity index (χ1v) is 6.95. The van der Waals surface area contributed by atoms with Gasteiger partial charge in [-0.25, -0.2) is 4.98 Å². The van der Waals surface area contributed by atoms with Crippen molar-refractivity contribution in [3.05, 3.63) is 64.4 Å². The van der Waals surface area contributed by atoms with Crippen LogP contribution in [0.3, 0.4) is 0 Å². The number of aryl methyl sites for hydroxylation is 4. The zero-order valence-electron chi connectivity index (χ0n) is 12.9. The molecular weight excluding hydrogens is 260 g/mol. The zero-order chi connectivity index (χ0) is 15.4. The Kier molecular flexibility index (Phi) is 4.53. The molecule has 1 N–H and O–H groups in total. The average Bonchev–Trinajstić information content (AvgIpc) is 2.44. The first-order valence-electron chi connectivity index (χ1n) is 6.95. The summed E-state index contributed by atoms with van der Waals surface area (Å²) in [7, 11) is 0. The highest BCUT2D eigenvalue weighted by Gasteiger charge is 2.01. The molecule has 1 aromatic carbocycles. The summed E-state index contributed by atoms with van der Waals surface area (Å²) in [6.07, 6.45) is 5.11. The Hall–Kier alpha value is -2.42. The average molecular weight is 280 g/mol. The number of carbonyl (C=O) groups excluding carboxylic acids is 1. The van der Waals surface area contributed by atoms with E-state index in [2.05, 4.69) is 36.3 Å². The molecule has 21 heavy (non-hydrogen) atoms. The molecule has 1 aromatic heterocycles. The number of carbonyl (C=O) groups is 1. The minimum atomic E-state index is -0.177. The van der Waals surface area contributed by atoms with Crippen molar-refractivity contribution in [3.8, 4) is 0 Å². The molecule has 0 spiro atoms. The molecule has 1 heterocycles. The summed E-state index contributed by atoms with van der Waals surface area (Å²) in [5.41, 5.74) is 5.77. The zero-order valence-corrected chi connectivity index (χ0v) is 12.9. The Balaban J connectivity index is 2.08. The molecule has 108 valence electrons. The third-order valence-electron chi connectivity index (χ3n) is 3.46. The second-order valence-electron chi connectivity index (χ2n) is 5.34. The van der Waals surface area contributed by atoms with E-state index in [1.807, 2.05) is 26.0 Å². The van der Waals surface area contributed by atoms with Gasteiger partial charge >= 0.3 is 0 Å². The highest BCUT2D eigenvalue weighted by Crippen LogP contribution is 2.16. The van der Waals surface area contributed by atoms with Gasteiger partial charge in [-0.05, 0) is 67.7 Å². The van der Waals surface area contributed by atoms with Crippen molar-refractivity contribution in [1.82, 2.24) is 4.98 Å². The summed E-state index contributed by atoms with van der Waals surface area (Å²) in [5.74, 6) is 0.385. The minimum Gasteiger partial charge on any atom is -0.307 e. The molecule has 0 aliphatic heterocycles. The number of benzene rings is 1. The maximum atomic E-state index is 11.9. The Labute approximate surface area is 125 Å². The molecule has 0 saturated heterocycles. The fraction of sp³-hybridized carbons (Fsp3) is 0.222. The van der Waals surface area contributed by atoms with E-state index in [-0.39, 0.29) is 5.91 Å². The van der Waals surface area contributed by atoms with E-state index < -0.39 is 0 Å². The molecule has 3 nitrogen and oxygen atoms in total. The van der Waals surface area contributed by atoms with Crippen molar-refractivity contribution in [1.29, 1.82) is 0 Å². The van der Waals surface area contributed by atoms with Crippen LogP contribution in [-0.2, 0) is 4.79 Å². The van der Waals surface area contributed by atoms with Crippen LogP contribution in [0.25, 0.3) is 6.08 Å². The van der Waals surface area contributed by atoms with Gasteiger partial charge in [0.05, 0.1) is 0 Å². The van der Waals surface area contributed by atoms with Gasteiger partial charge in [-0.1, -0.05) is 18.2 Å². The number of rotatable bonds is 3. The number of anilines is 1. The molecule has 2 rings (SSSR count). The Morgan fingerprint density at radius 3 is 2.43 bits per heavy atom. The number of pyridine rings is 1. The van der Waals surface area contributed by atoms with Gasteiger partial charge in [0.15, 0.2) is 0 Å². The van der Waals surface area contributed by atoms with Gasteiger partial charge in [-0.3, -0.25) is 4.79 Å². The molecule has 0 aliphatic rings. The molecule has 2 aromatic rings. The second-order valence-corrected chi connectivity index (χ2v) is 5.34. The summed E-state index contributed by atoms with van der Waals surface area (Å²) in [4.78, 5) is 16.0. The van der Waals surface area contributed by atoms with Crippen molar-refractivity contribution in [2.24, 2.45) is 0 Å². The van der Waals surface area contributed by atoms with Crippen LogP contribution in [0.15, 0.2) is 36.5 Å². The molecule has 0 unspecified atom stereocenters. The first kappa shape index (κ1) is 15.0. The van der Waals surface area contributed by atoms with E-state index in [1.54, 1.807) is 18.3 Å². The molecule has 1 amide bonds. The standard InChI is InChI=1S/C18H20N2O/c1-12-5-7-17(19-11-12)20-18(21)8-6-16-10-14(3)13(2)9-15(16)4/h5-11H,1-4H3,(H,19,20,21). The highest BCUT2D eigenvalue weighted by molar-refractivity contribution is 6.01. The summed E-state index contributed by atoms with van der Waals surface area (Å²) in [5, 5.41) is 2.75. The van der Waals surface area contributed by atoms with E-state index in [0.29, 0.717) is 5.82 Å². The Morgan fingerprint density at radius 2 is 1.76 bits per heavy atom. The normalized spacial score (nSPS) is 10.9. The molecular formula is C18H20N2O. The molecule has 0 radical (unpaired) electrons. The van der Waals surface area contributed by atoms with E-state index in [1.165, 1.54) is 11.1 Å². The first-order chi connectivity index (χ1) is 9.95. The van der Waals surface area contributed by atoms with Gasteiger partial charge in [0.2, 0.25) is 5.91 Å². The van der Waals surface area contributed by atoms with Gasteiger partial charge in [0.25, 0.3) is 0 Å². The fourth-order valence-corrected chi connectivity index (χ4v) is 2.04. The van der Waals surface area contributed by atoms with Crippen LogP contribution >= 0.6 is 0 Å².